The summed E-state index contributed by atoms with van der Waals surface area (Å²) in [4.78, 5) is 15.6. The molecule has 0 radical (unpaired) electrons. The van der Waals surface area contributed by atoms with E-state index in [9.17, 15) is 4.79 Å². The van der Waals surface area contributed by atoms with Crippen LogP contribution in [0.2, 0.25) is 5.02 Å². The topological polar surface area (TPSA) is 32.8 Å². The second kappa shape index (κ2) is 7.31. The molecule has 0 atom stereocenters. The van der Waals surface area contributed by atoms with Gasteiger partial charge in [0.05, 0.1) is 0 Å². The van der Waals surface area contributed by atoms with Gasteiger partial charge in [0, 0.05) is 37.7 Å². The molecule has 1 heterocycles. The molecule has 4 nitrogen and oxygen atoms in total. The van der Waals surface area contributed by atoms with E-state index in [2.05, 4.69) is 11.5 Å². The molecule has 1 aliphatic heterocycles. The molecule has 5 heteroatoms. The molecule has 1 aliphatic rings. The lowest BCUT2D eigenvalue weighted by Gasteiger charge is -2.34. The maximum Gasteiger partial charge on any atom is 0.246 e. The van der Waals surface area contributed by atoms with Crippen molar-refractivity contribution in [3.63, 3.8) is 0 Å². The molecule has 0 aliphatic carbocycles. The molecule has 0 aromatic heterocycles. The molecule has 2 rings (SSSR count). The summed E-state index contributed by atoms with van der Waals surface area (Å²) < 4.78 is 5.66. The van der Waals surface area contributed by atoms with Crippen LogP contribution < -0.4 is 4.74 Å². The lowest BCUT2D eigenvalue weighted by Crippen LogP contribution is -2.49. The molecule has 1 amide bonds. The van der Waals surface area contributed by atoms with Crippen LogP contribution in [0.3, 0.4) is 0 Å². The minimum absolute atomic E-state index is 0.0158. The van der Waals surface area contributed by atoms with Crippen molar-refractivity contribution in [3.05, 3.63) is 41.9 Å². The van der Waals surface area contributed by atoms with Gasteiger partial charge in [0.1, 0.15) is 12.4 Å². The van der Waals surface area contributed by atoms with Crippen LogP contribution in [-0.4, -0.2) is 55.0 Å². The molecule has 0 unspecified atom stereocenters. The summed E-state index contributed by atoms with van der Waals surface area (Å²) in [6.45, 7) is 8.27. The van der Waals surface area contributed by atoms with E-state index in [0.717, 1.165) is 38.5 Å². The van der Waals surface area contributed by atoms with Crippen LogP contribution in [-0.2, 0) is 4.79 Å². The van der Waals surface area contributed by atoms with Gasteiger partial charge in [-0.25, -0.2) is 0 Å². The summed E-state index contributed by atoms with van der Waals surface area (Å²) in [5.74, 6) is 0.844. The lowest BCUT2D eigenvalue weighted by atomic mass is 10.3. The lowest BCUT2D eigenvalue weighted by molar-refractivity contribution is -0.127. The van der Waals surface area contributed by atoms with Gasteiger partial charge < -0.3 is 9.64 Å². The highest BCUT2D eigenvalue weighted by Crippen LogP contribution is 2.15. The average molecular weight is 295 g/mol. The number of halogens is 1. The molecule has 108 valence electrons. The van der Waals surface area contributed by atoms with E-state index in [4.69, 9.17) is 16.3 Å². The Balaban J connectivity index is 1.67. The normalized spacial score (nSPS) is 15.9. The summed E-state index contributed by atoms with van der Waals surface area (Å²) >= 11 is 5.82. The molecule has 20 heavy (non-hydrogen) atoms. The second-order valence-electron chi connectivity index (χ2n) is 4.67. The Kier molecular flexibility index (Phi) is 5.44. The number of ether oxygens (including phenoxy) is 1. The summed E-state index contributed by atoms with van der Waals surface area (Å²) in [7, 11) is 0. The molecular formula is C15H19ClN2O2. The monoisotopic (exact) mass is 294 g/mol. The maximum atomic E-state index is 11.5. The first-order valence-corrected chi connectivity index (χ1v) is 7.09. The van der Waals surface area contributed by atoms with Crippen molar-refractivity contribution in [1.82, 2.24) is 9.80 Å². The Morgan fingerprint density at radius 1 is 1.25 bits per heavy atom. The average Bonchev–Trinajstić information content (AvgIpc) is 2.49. The van der Waals surface area contributed by atoms with Crippen molar-refractivity contribution in [3.8, 4) is 5.75 Å². The highest BCUT2D eigenvalue weighted by molar-refractivity contribution is 6.30. The molecule has 0 N–H and O–H groups in total. The van der Waals surface area contributed by atoms with E-state index in [1.165, 1.54) is 6.08 Å². The number of carbonyl (C=O) groups excluding carboxylic acids is 1. The minimum atomic E-state index is 0.0158. The fourth-order valence-corrected chi connectivity index (χ4v) is 2.27. The summed E-state index contributed by atoms with van der Waals surface area (Å²) in [5.41, 5.74) is 0. The van der Waals surface area contributed by atoms with Gasteiger partial charge in [-0.3, -0.25) is 9.69 Å². The zero-order valence-electron chi connectivity index (χ0n) is 11.4. The molecule has 1 fully saturated rings. The standard InChI is InChI=1S/C15H19ClN2O2/c1-2-15(19)18-9-7-17(8-10-18)11-12-20-14-5-3-13(16)4-6-14/h2-6H,1,7-12H2. The third-order valence-corrected chi connectivity index (χ3v) is 3.60. The third kappa shape index (κ3) is 4.25. The van der Waals surface area contributed by atoms with Gasteiger partial charge in [-0.05, 0) is 30.3 Å². The first-order chi connectivity index (χ1) is 9.69. The van der Waals surface area contributed by atoms with E-state index in [0.29, 0.717) is 11.6 Å². The van der Waals surface area contributed by atoms with Crippen LogP contribution in [0, 0.1) is 0 Å². The van der Waals surface area contributed by atoms with E-state index in [1.54, 1.807) is 0 Å². The van der Waals surface area contributed by atoms with Crippen LogP contribution in [0.1, 0.15) is 0 Å². The first-order valence-electron chi connectivity index (χ1n) is 6.71. The number of amides is 1. The van der Waals surface area contributed by atoms with Crippen LogP contribution in [0.4, 0.5) is 0 Å². The Hall–Kier alpha value is -1.52. The zero-order valence-corrected chi connectivity index (χ0v) is 12.2. The molecular weight excluding hydrogens is 276 g/mol. The summed E-state index contributed by atoms with van der Waals surface area (Å²) in [6, 6.07) is 7.36. The van der Waals surface area contributed by atoms with Gasteiger partial charge in [0.25, 0.3) is 0 Å². The largest absolute Gasteiger partial charge is 0.492 e. The van der Waals surface area contributed by atoms with Gasteiger partial charge in [0.15, 0.2) is 0 Å². The highest BCUT2D eigenvalue weighted by atomic mass is 35.5. The first kappa shape index (κ1) is 14.9. The Labute approximate surface area is 124 Å². The molecule has 1 aromatic rings. The van der Waals surface area contributed by atoms with E-state index in [1.807, 2.05) is 29.2 Å². The van der Waals surface area contributed by atoms with Crippen LogP contribution in [0.25, 0.3) is 0 Å². The number of hydrogen-bond acceptors (Lipinski definition) is 3. The third-order valence-electron chi connectivity index (χ3n) is 3.35. The highest BCUT2D eigenvalue weighted by Gasteiger charge is 2.18. The Morgan fingerprint density at radius 2 is 1.90 bits per heavy atom. The van der Waals surface area contributed by atoms with Crippen LogP contribution >= 0.6 is 11.6 Å². The van der Waals surface area contributed by atoms with Crippen molar-refractivity contribution in [2.24, 2.45) is 0 Å². The van der Waals surface area contributed by atoms with Crippen molar-refractivity contribution in [2.45, 2.75) is 0 Å². The van der Waals surface area contributed by atoms with Crippen LogP contribution in [0.5, 0.6) is 5.75 Å². The van der Waals surface area contributed by atoms with Crippen molar-refractivity contribution >= 4 is 17.5 Å². The smallest absolute Gasteiger partial charge is 0.246 e. The molecule has 0 saturated carbocycles. The maximum absolute atomic E-state index is 11.5. The summed E-state index contributed by atoms with van der Waals surface area (Å²) in [5, 5.41) is 0.709. The predicted octanol–water partition coefficient (Wildman–Crippen LogP) is 2.05. The number of rotatable bonds is 5. The van der Waals surface area contributed by atoms with Gasteiger partial charge >= 0.3 is 0 Å². The molecule has 0 spiro atoms. The second-order valence-corrected chi connectivity index (χ2v) is 5.11. The molecule has 1 saturated heterocycles. The van der Waals surface area contributed by atoms with Gasteiger partial charge in [-0.15, -0.1) is 0 Å². The summed E-state index contributed by atoms with van der Waals surface area (Å²) in [6.07, 6.45) is 1.37. The Bertz CT molecular complexity index is 453. The number of hydrogen-bond donors (Lipinski definition) is 0. The number of nitrogens with zero attached hydrogens (tertiary/aromatic N) is 2. The van der Waals surface area contributed by atoms with E-state index in [-0.39, 0.29) is 5.91 Å². The molecule has 1 aromatic carbocycles. The zero-order chi connectivity index (χ0) is 14.4. The van der Waals surface area contributed by atoms with Crippen molar-refractivity contribution in [2.75, 3.05) is 39.3 Å². The number of piperazine rings is 1. The Morgan fingerprint density at radius 3 is 2.50 bits per heavy atom. The van der Waals surface area contributed by atoms with Crippen molar-refractivity contribution < 1.29 is 9.53 Å². The van der Waals surface area contributed by atoms with Crippen molar-refractivity contribution in [1.29, 1.82) is 0 Å². The number of carbonyl (C=O) groups is 1. The van der Waals surface area contributed by atoms with Gasteiger partial charge in [0.2, 0.25) is 5.91 Å². The quantitative estimate of drug-likeness (QED) is 0.779. The van der Waals surface area contributed by atoms with Gasteiger partial charge in [-0.1, -0.05) is 18.2 Å². The predicted molar refractivity (Wildman–Crippen MR) is 80.2 cm³/mol. The van der Waals surface area contributed by atoms with Crippen LogP contribution in [0.15, 0.2) is 36.9 Å². The fraction of sp³-hybridized carbons (Fsp3) is 0.400. The van der Waals surface area contributed by atoms with Gasteiger partial charge in [-0.2, -0.15) is 0 Å². The number of benzene rings is 1. The minimum Gasteiger partial charge on any atom is -0.492 e. The SMILES string of the molecule is C=CC(=O)N1CCN(CCOc2ccc(Cl)cc2)CC1. The van der Waals surface area contributed by atoms with E-state index >= 15 is 0 Å². The van der Waals surface area contributed by atoms with E-state index < -0.39 is 0 Å². The fourth-order valence-electron chi connectivity index (χ4n) is 2.14. The molecule has 0 bridgehead atoms.